The second-order valence-corrected chi connectivity index (χ2v) is 6.90. The summed E-state index contributed by atoms with van der Waals surface area (Å²) in [7, 11) is 0. The van der Waals surface area contributed by atoms with Crippen LogP contribution in [-0.4, -0.2) is 26.2 Å². The lowest BCUT2D eigenvalue weighted by Gasteiger charge is -2.22. The number of hydrogen-bond acceptors (Lipinski definition) is 4. The molecule has 1 aromatic heterocycles. The van der Waals surface area contributed by atoms with Gasteiger partial charge in [0.05, 0.1) is 23.2 Å². The number of thioether (sulfide) groups is 1. The molecule has 0 amide bonds. The lowest BCUT2D eigenvalue weighted by molar-refractivity contribution is 0.100. The summed E-state index contributed by atoms with van der Waals surface area (Å²) >= 11 is 1.73. The molecule has 0 saturated heterocycles. The van der Waals surface area contributed by atoms with Crippen LogP contribution in [0, 0.1) is 0 Å². The van der Waals surface area contributed by atoms with Crippen LogP contribution in [0.2, 0.25) is 0 Å². The van der Waals surface area contributed by atoms with E-state index >= 15 is 0 Å². The Balaban J connectivity index is 2.19. The van der Waals surface area contributed by atoms with Gasteiger partial charge in [0.2, 0.25) is 0 Å². The number of nitrogens with two attached hydrogens (primary N) is 1. The molecule has 1 aliphatic carbocycles. The fourth-order valence-corrected chi connectivity index (χ4v) is 3.35. The van der Waals surface area contributed by atoms with E-state index in [4.69, 9.17) is 5.73 Å². The van der Waals surface area contributed by atoms with Crippen LogP contribution in [0.3, 0.4) is 0 Å². The lowest BCUT2D eigenvalue weighted by Crippen LogP contribution is -2.25. The fourth-order valence-electron chi connectivity index (χ4n) is 2.52. The van der Waals surface area contributed by atoms with E-state index in [1.165, 1.54) is 6.42 Å². The minimum Gasteiger partial charge on any atom is -0.391 e. The maximum Gasteiger partial charge on any atom is 0.135 e. The van der Waals surface area contributed by atoms with Gasteiger partial charge in [-0.2, -0.15) is 5.10 Å². The number of rotatable bonds is 3. The highest BCUT2D eigenvalue weighted by atomic mass is 32.2. The predicted octanol–water partition coefficient (Wildman–Crippen LogP) is 2.83. The summed E-state index contributed by atoms with van der Waals surface area (Å²) in [6, 6.07) is 0.0500. The Morgan fingerprint density at radius 1 is 1.39 bits per heavy atom. The van der Waals surface area contributed by atoms with Crippen LogP contribution in [-0.2, 0) is 0 Å². The van der Waals surface area contributed by atoms with Gasteiger partial charge in [-0.1, -0.05) is 33.1 Å². The van der Waals surface area contributed by atoms with Crippen molar-refractivity contribution in [1.82, 2.24) is 9.78 Å². The molecular weight excluding hydrogens is 246 g/mol. The molecular formula is C13H23N3OS. The van der Waals surface area contributed by atoms with Crippen LogP contribution >= 0.6 is 11.8 Å². The maximum atomic E-state index is 10.2. The predicted molar refractivity (Wildman–Crippen MR) is 75.8 cm³/mol. The summed E-state index contributed by atoms with van der Waals surface area (Å²) in [4.78, 5) is 1.03. The van der Waals surface area contributed by atoms with Crippen molar-refractivity contribution in [3.8, 4) is 0 Å². The van der Waals surface area contributed by atoms with Crippen molar-refractivity contribution in [2.24, 2.45) is 0 Å². The Kier molecular flexibility index (Phi) is 4.56. The fraction of sp³-hybridized carbons (Fsp3) is 0.769. The molecule has 1 fully saturated rings. The molecule has 18 heavy (non-hydrogen) atoms. The molecule has 4 nitrogen and oxygen atoms in total. The van der Waals surface area contributed by atoms with Gasteiger partial charge in [-0.25, -0.2) is 4.68 Å². The first-order valence-electron chi connectivity index (χ1n) is 6.77. The minimum atomic E-state index is -0.313. The zero-order chi connectivity index (χ0) is 13.1. The highest BCUT2D eigenvalue weighted by molar-refractivity contribution is 8.00. The SMILES string of the molecule is CC(C)Sc1cnn(C2CCCCCC2O)c1N. The molecule has 0 aromatic carbocycles. The van der Waals surface area contributed by atoms with E-state index < -0.39 is 0 Å². The first kappa shape index (κ1) is 13.7. The van der Waals surface area contributed by atoms with E-state index in [1.54, 1.807) is 11.8 Å². The van der Waals surface area contributed by atoms with Gasteiger partial charge in [-0.05, 0) is 12.8 Å². The monoisotopic (exact) mass is 269 g/mol. The van der Waals surface area contributed by atoms with Crippen LogP contribution in [0.1, 0.15) is 52.0 Å². The highest BCUT2D eigenvalue weighted by Gasteiger charge is 2.26. The largest absolute Gasteiger partial charge is 0.391 e. The van der Waals surface area contributed by atoms with Gasteiger partial charge >= 0.3 is 0 Å². The van der Waals surface area contributed by atoms with Crippen molar-refractivity contribution in [1.29, 1.82) is 0 Å². The zero-order valence-corrected chi connectivity index (χ0v) is 12.0. The summed E-state index contributed by atoms with van der Waals surface area (Å²) < 4.78 is 1.83. The summed E-state index contributed by atoms with van der Waals surface area (Å²) in [6.45, 7) is 4.28. The molecule has 5 heteroatoms. The molecule has 0 spiro atoms. The molecule has 1 saturated carbocycles. The molecule has 2 atom stereocenters. The third kappa shape index (κ3) is 3.01. The number of aliphatic hydroxyl groups excluding tert-OH is 1. The molecule has 0 aliphatic heterocycles. The third-order valence-corrected chi connectivity index (χ3v) is 4.46. The van der Waals surface area contributed by atoms with Gasteiger partial charge in [0, 0.05) is 5.25 Å². The van der Waals surface area contributed by atoms with E-state index in [-0.39, 0.29) is 12.1 Å². The van der Waals surface area contributed by atoms with Gasteiger partial charge in [-0.3, -0.25) is 0 Å². The molecule has 0 radical (unpaired) electrons. The Morgan fingerprint density at radius 2 is 2.11 bits per heavy atom. The van der Waals surface area contributed by atoms with Gasteiger partial charge in [0.1, 0.15) is 5.82 Å². The molecule has 0 bridgehead atoms. The topological polar surface area (TPSA) is 64.1 Å². The number of nitrogen functional groups attached to an aromatic ring is 1. The lowest BCUT2D eigenvalue weighted by atomic mass is 10.1. The van der Waals surface area contributed by atoms with Crippen LogP contribution in [0.5, 0.6) is 0 Å². The first-order chi connectivity index (χ1) is 8.59. The van der Waals surface area contributed by atoms with Crippen molar-refractivity contribution in [2.45, 2.75) is 68.2 Å². The van der Waals surface area contributed by atoms with E-state index in [2.05, 4.69) is 18.9 Å². The summed E-state index contributed by atoms with van der Waals surface area (Å²) in [5.41, 5.74) is 6.16. The quantitative estimate of drug-likeness (QED) is 0.654. The first-order valence-corrected chi connectivity index (χ1v) is 7.65. The number of aromatic nitrogens is 2. The average molecular weight is 269 g/mol. The van der Waals surface area contributed by atoms with Crippen molar-refractivity contribution in [3.05, 3.63) is 6.20 Å². The van der Waals surface area contributed by atoms with Crippen LogP contribution in [0.4, 0.5) is 5.82 Å². The molecule has 2 rings (SSSR count). The second-order valence-electron chi connectivity index (χ2n) is 5.28. The second kappa shape index (κ2) is 5.97. The maximum absolute atomic E-state index is 10.2. The number of aliphatic hydroxyl groups is 1. The van der Waals surface area contributed by atoms with E-state index in [0.29, 0.717) is 11.1 Å². The number of nitrogens with zero attached hydrogens (tertiary/aromatic N) is 2. The molecule has 2 unspecified atom stereocenters. The van der Waals surface area contributed by atoms with E-state index in [0.717, 1.165) is 30.6 Å². The van der Waals surface area contributed by atoms with Crippen LogP contribution < -0.4 is 5.73 Å². The Morgan fingerprint density at radius 3 is 2.83 bits per heavy atom. The standard InChI is InChI=1S/C13H23N3OS/c1-9(2)18-12-8-15-16(13(12)14)10-6-4-3-5-7-11(10)17/h8-11,17H,3-7,14H2,1-2H3. The smallest absolute Gasteiger partial charge is 0.135 e. The van der Waals surface area contributed by atoms with E-state index in [9.17, 15) is 5.11 Å². The van der Waals surface area contributed by atoms with Gasteiger partial charge < -0.3 is 10.8 Å². The average Bonchev–Trinajstić information content (AvgIpc) is 2.53. The normalized spacial score (nSPS) is 25.3. The minimum absolute atomic E-state index is 0.0500. The van der Waals surface area contributed by atoms with Gasteiger partial charge in [0.25, 0.3) is 0 Å². The Labute approximate surface area is 113 Å². The van der Waals surface area contributed by atoms with Crippen molar-refractivity contribution in [2.75, 3.05) is 5.73 Å². The summed E-state index contributed by atoms with van der Waals surface area (Å²) in [5, 5.41) is 15.1. The van der Waals surface area contributed by atoms with Crippen molar-refractivity contribution >= 4 is 17.6 Å². The highest BCUT2D eigenvalue weighted by Crippen LogP contribution is 2.34. The van der Waals surface area contributed by atoms with Crippen LogP contribution in [0.15, 0.2) is 11.1 Å². The summed E-state index contributed by atoms with van der Waals surface area (Å²) in [5.74, 6) is 0.708. The van der Waals surface area contributed by atoms with Gasteiger partial charge in [-0.15, -0.1) is 11.8 Å². The number of hydrogen-bond donors (Lipinski definition) is 2. The number of anilines is 1. The Hall–Kier alpha value is -0.680. The molecule has 1 aliphatic rings. The summed E-state index contributed by atoms with van der Waals surface area (Å²) in [6.07, 6.45) is 6.79. The van der Waals surface area contributed by atoms with Crippen LogP contribution in [0.25, 0.3) is 0 Å². The molecule has 1 aromatic rings. The van der Waals surface area contributed by atoms with Crippen molar-refractivity contribution in [3.63, 3.8) is 0 Å². The molecule has 3 N–H and O–H groups in total. The molecule has 1 heterocycles. The van der Waals surface area contributed by atoms with E-state index in [1.807, 2.05) is 10.9 Å². The Bertz CT molecular complexity index is 392. The molecule has 102 valence electrons. The third-order valence-electron chi connectivity index (χ3n) is 3.42. The van der Waals surface area contributed by atoms with Crippen molar-refractivity contribution < 1.29 is 5.11 Å². The van der Waals surface area contributed by atoms with Gasteiger partial charge in [0.15, 0.2) is 0 Å². The zero-order valence-electron chi connectivity index (χ0n) is 11.2.